The largest absolute Gasteiger partial charge is 0.354 e. The van der Waals surface area contributed by atoms with Crippen molar-refractivity contribution in [3.63, 3.8) is 0 Å². The molecule has 0 unspecified atom stereocenters. The van der Waals surface area contributed by atoms with Crippen LogP contribution in [0.1, 0.15) is 26.2 Å². The van der Waals surface area contributed by atoms with Crippen LogP contribution in [-0.4, -0.2) is 16.5 Å². The number of rotatable bonds is 4. The summed E-state index contributed by atoms with van der Waals surface area (Å²) in [4.78, 5) is 8.87. The standard InChI is InChI=1S/C14H17N3/c1-2-14(7-8-14)10-16-13-15-9-11-5-3-4-6-12(11)17-13/h3-6,9H,2,7-8,10H2,1H3,(H,15,16,17). The Morgan fingerprint density at radius 1 is 1.29 bits per heavy atom. The second-order valence-corrected chi connectivity index (χ2v) is 4.96. The average Bonchev–Trinajstić information content (AvgIpc) is 3.17. The van der Waals surface area contributed by atoms with Crippen LogP contribution in [0.5, 0.6) is 0 Å². The van der Waals surface area contributed by atoms with Gasteiger partial charge in [0.15, 0.2) is 0 Å². The summed E-state index contributed by atoms with van der Waals surface area (Å²) in [6, 6.07) is 8.07. The van der Waals surface area contributed by atoms with Gasteiger partial charge in [0.2, 0.25) is 5.95 Å². The molecule has 0 saturated heterocycles. The third kappa shape index (κ3) is 2.09. The van der Waals surface area contributed by atoms with Gasteiger partial charge in [0.1, 0.15) is 0 Å². The summed E-state index contributed by atoms with van der Waals surface area (Å²) in [5, 5.41) is 4.46. The summed E-state index contributed by atoms with van der Waals surface area (Å²) in [7, 11) is 0. The number of hydrogen-bond donors (Lipinski definition) is 1. The molecule has 1 aromatic heterocycles. The van der Waals surface area contributed by atoms with Gasteiger partial charge in [-0.15, -0.1) is 0 Å². The molecule has 1 saturated carbocycles. The molecule has 0 radical (unpaired) electrons. The van der Waals surface area contributed by atoms with Gasteiger partial charge >= 0.3 is 0 Å². The number of benzene rings is 1. The molecule has 2 aromatic rings. The minimum absolute atomic E-state index is 0.523. The maximum absolute atomic E-state index is 4.52. The summed E-state index contributed by atoms with van der Waals surface area (Å²) in [5.74, 6) is 0.753. The third-order valence-electron chi connectivity index (χ3n) is 3.82. The van der Waals surface area contributed by atoms with Crippen molar-refractivity contribution in [2.45, 2.75) is 26.2 Å². The number of anilines is 1. The molecule has 1 heterocycles. The molecular formula is C14H17N3. The highest BCUT2D eigenvalue weighted by molar-refractivity contribution is 5.78. The van der Waals surface area contributed by atoms with E-state index in [-0.39, 0.29) is 0 Å². The van der Waals surface area contributed by atoms with E-state index in [9.17, 15) is 0 Å². The SMILES string of the molecule is CCC1(CNc2ncc3ccccc3n2)CC1. The van der Waals surface area contributed by atoms with E-state index < -0.39 is 0 Å². The molecule has 3 nitrogen and oxygen atoms in total. The van der Waals surface area contributed by atoms with E-state index in [0.717, 1.165) is 23.4 Å². The van der Waals surface area contributed by atoms with Gasteiger partial charge in [0.05, 0.1) is 5.52 Å². The number of nitrogens with zero attached hydrogens (tertiary/aromatic N) is 2. The maximum atomic E-state index is 4.52. The number of aromatic nitrogens is 2. The van der Waals surface area contributed by atoms with Gasteiger partial charge in [0.25, 0.3) is 0 Å². The minimum atomic E-state index is 0.523. The minimum Gasteiger partial charge on any atom is -0.354 e. The smallest absolute Gasteiger partial charge is 0.223 e. The summed E-state index contributed by atoms with van der Waals surface area (Å²) in [5.41, 5.74) is 1.53. The molecular weight excluding hydrogens is 210 g/mol. The van der Waals surface area contributed by atoms with Gasteiger partial charge in [-0.25, -0.2) is 9.97 Å². The van der Waals surface area contributed by atoms with Crippen molar-refractivity contribution in [1.82, 2.24) is 9.97 Å². The molecule has 1 aromatic carbocycles. The van der Waals surface area contributed by atoms with Gasteiger partial charge in [-0.3, -0.25) is 0 Å². The van der Waals surface area contributed by atoms with Crippen LogP contribution in [0.4, 0.5) is 5.95 Å². The highest BCUT2D eigenvalue weighted by atomic mass is 15.1. The molecule has 17 heavy (non-hydrogen) atoms. The van der Waals surface area contributed by atoms with Crippen molar-refractivity contribution in [3.8, 4) is 0 Å². The Bertz CT molecular complexity index is 532. The molecule has 1 aliphatic rings. The lowest BCUT2D eigenvalue weighted by atomic mass is 10.0. The predicted molar refractivity (Wildman–Crippen MR) is 70.0 cm³/mol. The number of para-hydroxylation sites is 1. The summed E-state index contributed by atoms with van der Waals surface area (Å²) in [6.07, 6.45) is 5.80. The quantitative estimate of drug-likeness (QED) is 0.871. The molecule has 3 rings (SSSR count). The van der Waals surface area contributed by atoms with Gasteiger partial charge < -0.3 is 5.32 Å². The number of fused-ring (bicyclic) bond motifs is 1. The van der Waals surface area contributed by atoms with Crippen molar-refractivity contribution in [3.05, 3.63) is 30.5 Å². The fourth-order valence-electron chi connectivity index (χ4n) is 2.16. The second kappa shape index (κ2) is 3.99. The zero-order chi connectivity index (χ0) is 11.7. The van der Waals surface area contributed by atoms with Crippen LogP contribution < -0.4 is 5.32 Å². The Hall–Kier alpha value is -1.64. The molecule has 0 spiro atoms. The maximum Gasteiger partial charge on any atom is 0.223 e. The number of nitrogens with one attached hydrogen (secondary N) is 1. The lowest BCUT2D eigenvalue weighted by molar-refractivity contribution is 0.520. The molecule has 1 N–H and O–H groups in total. The Kier molecular flexibility index (Phi) is 2.46. The van der Waals surface area contributed by atoms with E-state index in [1.807, 2.05) is 30.5 Å². The van der Waals surface area contributed by atoms with Crippen LogP contribution in [0.25, 0.3) is 10.9 Å². The Labute approximate surface area is 101 Å². The Balaban J connectivity index is 1.77. The van der Waals surface area contributed by atoms with Crippen LogP contribution in [0.3, 0.4) is 0 Å². The fraction of sp³-hybridized carbons (Fsp3) is 0.429. The first kappa shape index (κ1) is 10.5. The summed E-state index contributed by atoms with van der Waals surface area (Å²) >= 11 is 0. The topological polar surface area (TPSA) is 37.8 Å². The zero-order valence-corrected chi connectivity index (χ0v) is 10.1. The molecule has 88 valence electrons. The molecule has 3 heteroatoms. The Morgan fingerprint density at radius 3 is 2.88 bits per heavy atom. The van der Waals surface area contributed by atoms with Crippen LogP contribution >= 0.6 is 0 Å². The van der Waals surface area contributed by atoms with Crippen LogP contribution in [0.15, 0.2) is 30.5 Å². The van der Waals surface area contributed by atoms with E-state index in [1.165, 1.54) is 19.3 Å². The predicted octanol–water partition coefficient (Wildman–Crippen LogP) is 3.23. The van der Waals surface area contributed by atoms with Crippen molar-refractivity contribution in [2.24, 2.45) is 5.41 Å². The van der Waals surface area contributed by atoms with Crippen LogP contribution in [-0.2, 0) is 0 Å². The lowest BCUT2D eigenvalue weighted by Gasteiger charge is -2.13. The molecule has 0 bridgehead atoms. The molecule has 0 amide bonds. The van der Waals surface area contributed by atoms with Crippen LogP contribution in [0.2, 0.25) is 0 Å². The first-order valence-electron chi connectivity index (χ1n) is 6.27. The zero-order valence-electron chi connectivity index (χ0n) is 10.1. The van der Waals surface area contributed by atoms with E-state index in [2.05, 4.69) is 22.2 Å². The normalized spacial score (nSPS) is 17.0. The highest BCUT2D eigenvalue weighted by Crippen LogP contribution is 2.48. The average molecular weight is 227 g/mol. The van der Waals surface area contributed by atoms with Crippen molar-refractivity contribution < 1.29 is 0 Å². The van der Waals surface area contributed by atoms with E-state index >= 15 is 0 Å². The van der Waals surface area contributed by atoms with E-state index in [4.69, 9.17) is 0 Å². The monoisotopic (exact) mass is 227 g/mol. The lowest BCUT2D eigenvalue weighted by Crippen LogP contribution is -2.15. The van der Waals surface area contributed by atoms with Gasteiger partial charge in [0, 0.05) is 18.1 Å². The van der Waals surface area contributed by atoms with Crippen molar-refractivity contribution in [1.29, 1.82) is 0 Å². The molecule has 0 aliphatic heterocycles. The van der Waals surface area contributed by atoms with E-state index in [0.29, 0.717) is 5.41 Å². The third-order valence-corrected chi connectivity index (χ3v) is 3.82. The molecule has 1 aliphatic carbocycles. The number of hydrogen-bond acceptors (Lipinski definition) is 3. The molecule has 0 atom stereocenters. The first-order valence-corrected chi connectivity index (χ1v) is 6.27. The van der Waals surface area contributed by atoms with E-state index in [1.54, 1.807) is 0 Å². The summed E-state index contributed by atoms with van der Waals surface area (Å²) < 4.78 is 0. The van der Waals surface area contributed by atoms with Gasteiger partial charge in [-0.2, -0.15) is 0 Å². The summed E-state index contributed by atoms with van der Waals surface area (Å²) in [6.45, 7) is 3.26. The van der Waals surface area contributed by atoms with Gasteiger partial charge in [-0.1, -0.05) is 25.1 Å². The van der Waals surface area contributed by atoms with Crippen LogP contribution in [0, 0.1) is 5.41 Å². The fourth-order valence-corrected chi connectivity index (χ4v) is 2.16. The Morgan fingerprint density at radius 2 is 2.12 bits per heavy atom. The first-order chi connectivity index (χ1) is 8.31. The molecule has 1 fully saturated rings. The van der Waals surface area contributed by atoms with Gasteiger partial charge in [-0.05, 0) is 30.7 Å². The van der Waals surface area contributed by atoms with Crippen molar-refractivity contribution in [2.75, 3.05) is 11.9 Å². The van der Waals surface area contributed by atoms with Crippen molar-refractivity contribution >= 4 is 16.9 Å². The highest BCUT2D eigenvalue weighted by Gasteiger charge is 2.40. The second-order valence-electron chi connectivity index (χ2n) is 4.96.